The van der Waals surface area contributed by atoms with E-state index >= 15 is 0 Å². The van der Waals surface area contributed by atoms with E-state index in [1.807, 2.05) is 0 Å². The topological polar surface area (TPSA) is 39.7 Å². The highest BCUT2D eigenvalue weighted by molar-refractivity contribution is 5.58. The fraction of sp³-hybridized carbons (Fsp3) is 0.571. The van der Waals surface area contributed by atoms with E-state index in [0.717, 1.165) is 57.3 Å². The van der Waals surface area contributed by atoms with Gasteiger partial charge in [0.2, 0.25) is 0 Å². The average molecular weight is 247 g/mol. The van der Waals surface area contributed by atoms with Gasteiger partial charge in [-0.25, -0.2) is 0 Å². The zero-order valence-electron chi connectivity index (χ0n) is 10.3. The molecule has 1 saturated heterocycles. The van der Waals surface area contributed by atoms with Crippen molar-refractivity contribution >= 4 is 0 Å². The van der Waals surface area contributed by atoms with Crippen LogP contribution in [-0.2, 0) is 17.6 Å². The van der Waals surface area contributed by atoms with E-state index in [1.54, 1.807) is 0 Å². The standard InChI is InChI=1S/C14H17NO3/c1-4-18-14-9(1)7-12-10(2-5-17-12)13(14)11-8-16-6-3-15-11/h7,11,15H,1-6,8H2. The minimum absolute atomic E-state index is 0.252. The summed E-state index contributed by atoms with van der Waals surface area (Å²) in [5.74, 6) is 2.14. The van der Waals surface area contributed by atoms with E-state index < -0.39 is 0 Å². The Balaban J connectivity index is 1.84. The Morgan fingerprint density at radius 2 is 2.06 bits per heavy atom. The van der Waals surface area contributed by atoms with Gasteiger partial charge < -0.3 is 19.5 Å². The zero-order chi connectivity index (χ0) is 11.9. The monoisotopic (exact) mass is 247 g/mol. The van der Waals surface area contributed by atoms with Crippen LogP contribution in [-0.4, -0.2) is 33.0 Å². The second-order valence-corrected chi connectivity index (χ2v) is 5.03. The lowest BCUT2D eigenvalue weighted by molar-refractivity contribution is 0.0758. The molecular formula is C14H17NO3. The van der Waals surface area contributed by atoms with E-state index in [1.165, 1.54) is 16.7 Å². The fourth-order valence-corrected chi connectivity index (χ4v) is 3.14. The number of fused-ring (bicyclic) bond motifs is 2. The van der Waals surface area contributed by atoms with Crippen molar-refractivity contribution in [2.75, 3.05) is 33.0 Å². The maximum atomic E-state index is 5.86. The second kappa shape index (κ2) is 4.14. The van der Waals surface area contributed by atoms with Crippen molar-refractivity contribution in [3.63, 3.8) is 0 Å². The smallest absolute Gasteiger partial charge is 0.128 e. The Labute approximate surface area is 106 Å². The third-order valence-electron chi connectivity index (χ3n) is 3.96. The summed E-state index contributed by atoms with van der Waals surface area (Å²) in [6, 6.07) is 2.42. The van der Waals surface area contributed by atoms with E-state index in [2.05, 4.69) is 11.4 Å². The molecule has 4 heteroatoms. The minimum atomic E-state index is 0.252. The molecule has 1 aromatic rings. The number of morpholine rings is 1. The van der Waals surface area contributed by atoms with Crippen molar-refractivity contribution in [1.82, 2.24) is 5.32 Å². The Bertz CT molecular complexity index is 448. The number of nitrogens with one attached hydrogen (secondary N) is 1. The molecule has 96 valence electrons. The van der Waals surface area contributed by atoms with Gasteiger partial charge in [0.1, 0.15) is 11.5 Å². The van der Waals surface area contributed by atoms with E-state index in [9.17, 15) is 0 Å². The lowest BCUT2D eigenvalue weighted by Gasteiger charge is -2.27. The predicted molar refractivity (Wildman–Crippen MR) is 66.4 cm³/mol. The summed E-state index contributed by atoms with van der Waals surface area (Å²) >= 11 is 0. The molecule has 0 bridgehead atoms. The van der Waals surface area contributed by atoms with Crippen LogP contribution < -0.4 is 14.8 Å². The molecule has 4 nitrogen and oxygen atoms in total. The van der Waals surface area contributed by atoms with E-state index in [4.69, 9.17) is 14.2 Å². The summed E-state index contributed by atoms with van der Waals surface area (Å²) in [6.07, 6.45) is 1.98. The molecule has 1 atom stereocenters. The van der Waals surface area contributed by atoms with Crippen LogP contribution >= 0.6 is 0 Å². The van der Waals surface area contributed by atoms with Crippen LogP contribution in [0.4, 0.5) is 0 Å². The molecule has 3 aliphatic heterocycles. The second-order valence-electron chi connectivity index (χ2n) is 5.03. The maximum Gasteiger partial charge on any atom is 0.128 e. The minimum Gasteiger partial charge on any atom is -0.493 e. The number of rotatable bonds is 1. The lowest BCUT2D eigenvalue weighted by atomic mass is 9.94. The van der Waals surface area contributed by atoms with Gasteiger partial charge in [-0.2, -0.15) is 0 Å². The van der Waals surface area contributed by atoms with Gasteiger partial charge in [-0.1, -0.05) is 0 Å². The summed E-state index contributed by atoms with van der Waals surface area (Å²) < 4.78 is 17.2. The molecule has 18 heavy (non-hydrogen) atoms. The SMILES string of the molecule is c1c2c(c(C3COCCN3)c3c1OCC3)OCC2. The first-order chi connectivity index (χ1) is 8.93. The van der Waals surface area contributed by atoms with Gasteiger partial charge >= 0.3 is 0 Å². The molecule has 0 aliphatic carbocycles. The summed E-state index contributed by atoms with van der Waals surface area (Å²) in [7, 11) is 0. The molecule has 0 saturated carbocycles. The van der Waals surface area contributed by atoms with Crippen molar-refractivity contribution in [1.29, 1.82) is 0 Å². The summed E-state index contributed by atoms with van der Waals surface area (Å²) in [6.45, 7) is 4.01. The Morgan fingerprint density at radius 1 is 1.11 bits per heavy atom. The lowest BCUT2D eigenvalue weighted by Crippen LogP contribution is -2.35. The summed E-state index contributed by atoms with van der Waals surface area (Å²) in [5, 5.41) is 3.53. The van der Waals surface area contributed by atoms with Crippen LogP contribution in [0.25, 0.3) is 0 Å². The maximum absolute atomic E-state index is 5.86. The van der Waals surface area contributed by atoms with Crippen LogP contribution in [0.3, 0.4) is 0 Å². The highest BCUT2D eigenvalue weighted by atomic mass is 16.5. The molecule has 1 unspecified atom stereocenters. The molecule has 0 spiro atoms. The number of hydrogen-bond donors (Lipinski definition) is 1. The predicted octanol–water partition coefficient (Wildman–Crippen LogP) is 1.22. The van der Waals surface area contributed by atoms with Crippen LogP contribution in [0.1, 0.15) is 22.7 Å². The molecule has 0 amide bonds. The van der Waals surface area contributed by atoms with Crippen molar-refractivity contribution in [2.24, 2.45) is 0 Å². The molecule has 1 aromatic carbocycles. The van der Waals surface area contributed by atoms with Crippen molar-refractivity contribution in [3.8, 4) is 11.5 Å². The molecule has 1 fully saturated rings. The van der Waals surface area contributed by atoms with Gasteiger partial charge in [-0.15, -0.1) is 0 Å². The highest BCUT2D eigenvalue weighted by Crippen LogP contribution is 2.43. The molecular weight excluding hydrogens is 230 g/mol. The van der Waals surface area contributed by atoms with Crippen LogP contribution in [0, 0.1) is 0 Å². The quantitative estimate of drug-likeness (QED) is 0.810. The molecule has 3 aliphatic rings. The fourth-order valence-electron chi connectivity index (χ4n) is 3.14. The van der Waals surface area contributed by atoms with Gasteiger partial charge in [-0.3, -0.25) is 0 Å². The normalized spacial score (nSPS) is 25.2. The Morgan fingerprint density at radius 3 is 2.94 bits per heavy atom. The van der Waals surface area contributed by atoms with Gasteiger partial charge in [0.15, 0.2) is 0 Å². The number of hydrogen-bond acceptors (Lipinski definition) is 4. The van der Waals surface area contributed by atoms with Crippen molar-refractivity contribution < 1.29 is 14.2 Å². The first-order valence-corrected chi connectivity index (χ1v) is 6.69. The first kappa shape index (κ1) is 10.6. The third-order valence-corrected chi connectivity index (χ3v) is 3.96. The largest absolute Gasteiger partial charge is 0.493 e. The van der Waals surface area contributed by atoms with Gasteiger partial charge in [0.25, 0.3) is 0 Å². The number of ether oxygens (including phenoxy) is 3. The molecule has 0 radical (unpaired) electrons. The Hall–Kier alpha value is -1.26. The number of benzene rings is 1. The molecule has 3 heterocycles. The van der Waals surface area contributed by atoms with E-state index in [0.29, 0.717) is 0 Å². The van der Waals surface area contributed by atoms with Crippen LogP contribution in [0.5, 0.6) is 11.5 Å². The van der Waals surface area contributed by atoms with Gasteiger partial charge in [-0.05, 0) is 6.07 Å². The van der Waals surface area contributed by atoms with Crippen LogP contribution in [0.15, 0.2) is 6.07 Å². The van der Waals surface area contributed by atoms with E-state index in [-0.39, 0.29) is 6.04 Å². The molecule has 1 N–H and O–H groups in total. The first-order valence-electron chi connectivity index (χ1n) is 6.69. The van der Waals surface area contributed by atoms with Gasteiger partial charge in [0.05, 0.1) is 32.5 Å². The van der Waals surface area contributed by atoms with Crippen LogP contribution in [0.2, 0.25) is 0 Å². The molecule has 0 aromatic heterocycles. The zero-order valence-corrected chi connectivity index (χ0v) is 10.3. The molecule has 4 rings (SSSR count). The van der Waals surface area contributed by atoms with Crippen molar-refractivity contribution in [3.05, 3.63) is 22.8 Å². The Kier molecular flexibility index (Phi) is 2.45. The highest BCUT2D eigenvalue weighted by Gasteiger charge is 2.31. The van der Waals surface area contributed by atoms with Gasteiger partial charge in [0, 0.05) is 36.1 Å². The van der Waals surface area contributed by atoms with Crippen molar-refractivity contribution in [2.45, 2.75) is 18.9 Å². The third kappa shape index (κ3) is 1.52. The summed E-state index contributed by atoms with van der Waals surface area (Å²) in [5.41, 5.74) is 3.90. The summed E-state index contributed by atoms with van der Waals surface area (Å²) in [4.78, 5) is 0. The average Bonchev–Trinajstić information content (AvgIpc) is 3.04.